The molecular formula is C22H27N3O5S. The number of piperidine rings is 1. The first-order valence-electron chi connectivity index (χ1n) is 10.0. The molecular weight excluding hydrogens is 418 g/mol. The minimum Gasteiger partial charge on any atom is -0.496 e. The van der Waals surface area contributed by atoms with E-state index < -0.39 is 10.0 Å². The maximum Gasteiger partial charge on any atom is 0.243 e. The van der Waals surface area contributed by atoms with Crippen molar-refractivity contribution in [2.75, 3.05) is 30.8 Å². The van der Waals surface area contributed by atoms with Gasteiger partial charge in [-0.2, -0.15) is 4.31 Å². The zero-order chi connectivity index (χ0) is 22.6. The summed E-state index contributed by atoms with van der Waals surface area (Å²) in [6.07, 6.45) is 0.872. The lowest BCUT2D eigenvalue weighted by Crippen LogP contribution is -2.41. The summed E-state index contributed by atoms with van der Waals surface area (Å²) in [5.41, 5.74) is 1.93. The molecule has 3 rings (SSSR count). The Kier molecular flexibility index (Phi) is 6.97. The summed E-state index contributed by atoms with van der Waals surface area (Å²) < 4.78 is 32.6. The van der Waals surface area contributed by atoms with Crippen LogP contribution < -0.4 is 15.4 Å². The Labute approximate surface area is 182 Å². The van der Waals surface area contributed by atoms with E-state index in [0.29, 0.717) is 30.0 Å². The van der Waals surface area contributed by atoms with Crippen LogP contribution in [0.5, 0.6) is 5.75 Å². The summed E-state index contributed by atoms with van der Waals surface area (Å²) in [5, 5.41) is 5.53. The molecule has 0 unspecified atom stereocenters. The third kappa shape index (κ3) is 5.42. The van der Waals surface area contributed by atoms with Crippen molar-refractivity contribution in [3.8, 4) is 5.75 Å². The summed E-state index contributed by atoms with van der Waals surface area (Å²) >= 11 is 0. The number of anilines is 2. The third-order valence-electron chi connectivity index (χ3n) is 5.28. The molecule has 2 aromatic rings. The van der Waals surface area contributed by atoms with E-state index in [0.717, 1.165) is 5.56 Å². The van der Waals surface area contributed by atoms with Crippen LogP contribution in [0.3, 0.4) is 0 Å². The molecule has 0 spiro atoms. The molecule has 8 nitrogen and oxygen atoms in total. The van der Waals surface area contributed by atoms with Crippen LogP contribution in [0.4, 0.5) is 11.4 Å². The van der Waals surface area contributed by atoms with Crippen molar-refractivity contribution in [1.82, 2.24) is 4.31 Å². The average molecular weight is 446 g/mol. The van der Waals surface area contributed by atoms with Gasteiger partial charge in [0.15, 0.2) is 0 Å². The van der Waals surface area contributed by atoms with E-state index in [2.05, 4.69) is 10.6 Å². The molecule has 1 saturated heterocycles. The van der Waals surface area contributed by atoms with Gasteiger partial charge in [-0.05, 0) is 61.7 Å². The van der Waals surface area contributed by atoms with Gasteiger partial charge in [-0.3, -0.25) is 9.59 Å². The van der Waals surface area contributed by atoms with Gasteiger partial charge in [0.05, 0.1) is 12.0 Å². The van der Waals surface area contributed by atoms with Gasteiger partial charge in [-0.15, -0.1) is 0 Å². The SMILES string of the molecule is COc1ccc(S(=O)(=O)N2CCC(C(=O)Nc3cccc(NC(C)=O)c3)CC2)cc1C. The maximum atomic E-state index is 13.0. The largest absolute Gasteiger partial charge is 0.496 e. The van der Waals surface area contributed by atoms with Crippen LogP contribution in [0.15, 0.2) is 47.4 Å². The Morgan fingerprint density at radius 1 is 1.03 bits per heavy atom. The van der Waals surface area contributed by atoms with Crippen LogP contribution >= 0.6 is 0 Å². The Bertz CT molecular complexity index is 1080. The van der Waals surface area contributed by atoms with Crippen LogP contribution in [0.1, 0.15) is 25.3 Å². The number of carbonyl (C=O) groups excluding carboxylic acids is 2. The number of sulfonamides is 1. The summed E-state index contributed by atoms with van der Waals surface area (Å²) in [7, 11) is -2.08. The van der Waals surface area contributed by atoms with Crippen molar-refractivity contribution < 1.29 is 22.7 Å². The molecule has 0 aromatic heterocycles. The molecule has 0 atom stereocenters. The number of hydrogen-bond donors (Lipinski definition) is 2. The summed E-state index contributed by atoms with van der Waals surface area (Å²) in [6.45, 7) is 3.77. The second-order valence-corrected chi connectivity index (χ2v) is 9.50. The Hall–Kier alpha value is -2.91. The smallest absolute Gasteiger partial charge is 0.243 e. The Morgan fingerprint density at radius 2 is 1.68 bits per heavy atom. The van der Waals surface area contributed by atoms with Crippen molar-refractivity contribution in [3.05, 3.63) is 48.0 Å². The second-order valence-electron chi connectivity index (χ2n) is 7.56. The quantitative estimate of drug-likeness (QED) is 0.711. The highest BCUT2D eigenvalue weighted by Crippen LogP contribution is 2.28. The molecule has 166 valence electrons. The van der Waals surface area contributed by atoms with E-state index in [1.807, 2.05) is 0 Å². The van der Waals surface area contributed by atoms with Crippen molar-refractivity contribution in [1.29, 1.82) is 0 Å². The van der Waals surface area contributed by atoms with Gasteiger partial charge < -0.3 is 15.4 Å². The van der Waals surface area contributed by atoms with Crippen molar-refractivity contribution in [3.63, 3.8) is 0 Å². The van der Waals surface area contributed by atoms with Gasteiger partial charge in [-0.25, -0.2) is 8.42 Å². The number of benzene rings is 2. The first kappa shape index (κ1) is 22.8. The van der Waals surface area contributed by atoms with Crippen LogP contribution in [0.2, 0.25) is 0 Å². The fourth-order valence-corrected chi connectivity index (χ4v) is 5.20. The predicted octanol–water partition coefficient (Wildman–Crippen LogP) is 3.00. The maximum absolute atomic E-state index is 13.0. The lowest BCUT2D eigenvalue weighted by molar-refractivity contribution is -0.121. The van der Waals surface area contributed by atoms with E-state index in [9.17, 15) is 18.0 Å². The molecule has 1 fully saturated rings. The number of amides is 2. The number of hydrogen-bond acceptors (Lipinski definition) is 5. The van der Waals surface area contributed by atoms with Gasteiger partial charge in [0, 0.05) is 37.3 Å². The molecule has 1 aliphatic heterocycles. The predicted molar refractivity (Wildman–Crippen MR) is 119 cm³/mol. The zero-order valence-corrected chi connectivity index (χ0v) is 18.7. The van der Waals surface area contributed by atoms with Gasteiger partial charge in [0.1, 0.15) is 5.75 Å². The molecule has 0 aliphatic carbocycles. The van der Waals surface area contributed by atoms with E-state index in [4.69, 9.17) is 4.74 Å². The molecule has 31 heavy (non-hydrogen) atoms. The monoisotopic (exact) mass is 445 g/mol. The minimum absolute atomic E-state index is 0.155. The first-order chi connectivity index (χ1) is 14.7. The van der Waals surface area contributed by atoms with Gasteiger partial charge >= 0.3 is 0 Å². The lowest BCUT2D eigenvalue weighted by atomic mass is 9.97. The van der Waals surface area contributed by atoms with Crippen molar-refractivity contribution in [2.45, 2.75) is 31.6 Å². The van der Waals surface area contributed by atoms with E-state index in [-0.39, 0.29) is 35.7 Å². The highest BCUT2D eigenvalue weighted by Gasteiger charge is 2.32. The van der Waals surface area contributed by atoms with E-state index in [1.165, 1.54) is 11.2 Å². The van der Waals surface area contributed by atoms with E-state index in [1.54, 1.807) is 56.5 Å². The summed E-state index contributed by atoms with van der Waals surface area (Å²) in [5.74, 6) is 0.00630. The highest BCUT2D eigenvalue weighted by atomic mass is 32.2. The molecule has 1 aliphatic rings. The molecule has 0 radical (unpaired) electrons. The van der Waals surface area contributed by atoms with E-state index >= 15 is 0 Å². The van der Waals surface area contributed by atoms with Crippen molar-refractivity contribution >= 4 is 33.2 Å². The van der Waals surface area contributed by atoms with Crippen LogP contribution in [0, 0.1) is 12.8 Å². The average Bonchev–Trinajstić information content (AvgIpc) is 2.73. The Morgan fingerprint density at radius 3 is 2.26 bits per heavy atom. The topological polar surface area (TPSA) is 105 Å². The van der Waals surface area contributed by atoms with Crippen LogP contribution in [-0.4, -0.2) is 44.7 Å². The Balaban J connectivity index is 1.61. The number of rotatable bonds is 6. The van der Waals surface area contributed by atoms with Gasteiger partial charge in [-0.1, -0.05) is 6.07 Å². The summed E-state index contributed by atoms with van der Waals surface area (Å²) in [4.78, 5) is 24.1. The number of methoxy groups -OCH3 is 1. The van der Waals surface area contributed by atoms with Crippen molar-refractivity contribution in [2.24, 2.45) is 5.92 Å². The number of carbonyl (C=O) groups is 2. The third-order valence-corrected chi connectivity index (χ3v) is 7.17. The normalized spacial score (nSPS) is 15.3. The number of nitrogens with zero attached hydrogens (tertiary/aromatic N) is 1. The molecule has 2 amide bonds. The second kappa shape index (κ2) is 9.49. The van der Waals surface area contributed by atoms with Gasteiger partial charge in [0.2, 0.25) is 21.8 Å². The molecule has 2 N–H and O–H groups in total. The molecule has 1 heterocycles. The number of aryl methyl sites for hydroxylation is 1. The standard InChI is InChI=1S/C22H27N3O5S/c1-15-13-20(7-8-21(15)30-3)31(28,29)25-11-9-17(10-12-25)22(27)24-19-6-4-5-18(14-19)23-16(2)26/h4-8,13-14,17H,9-12H2,1-3H3,(H,23,26)(H,24,27). The zero-order valence-electron chi connectivity index (χ0n) is 17.8. The van der Waals surface area contributed by atoms with Crippen LogP contribution in [-0.2, 0) is 19.6 Å². The molecule has 0 bridgehead atoms. The molecule has 9 heteroatoms. The summed E-state index contributed by atoms with van der Waals surface area (Å²) in [6, 6.07) is 11.7. The first-order valence-corrected chi connectivity index (χ1v) is 11.5. The number of ether oxygens (including phenoxy) is 1. The van der Waals surface area contributed by atoms with Crippen LogP contribution in [0.25, 0.3) is 0 Å². The minimum atomic E-state index is -3.63. The fraction of sp³-hybridized carbons (Fsp3) is 0.364. The fourth-order valence-electron chi connectivity index (χ4n) is 3.64. The lowest BCUT2D eigenvalue weighted by Gasteiger charge is -2.30. The highest BCUT2D eigenvalue weighted by molar-refractivity contribution is 7.89. The number of nitrogens with one attached hydrogen (secondary N) is 2. The molecule has 2 aromatic carbocycles. The molecule has 0 saturated carbocycles. The van der Waals surface area contributed by atoms with Gasteiger partial charge in [0.25, 0.3) is 0 Å².